The van der Waals surface area contributed by atoms with Crippen molar-refractivity contribution < 1.29 is 14.3 Å². The minimum absolute atomic E-state index is 0.0341. The molecule has 7 nitrogen and oxygen atoms in total. The number of carbonyl (C=O) groups is 2. The summed E-state index contributed by atoms with van der Waals surface area (Å²) in [4.78, 5) is 28.8. The monoisotopic (exact) mass is 334 g/mol. The molecule has 2 amide bonds. The second-order valence-electron chi connectivity index (χ2n) is 6.14. The average molecular weight is 334 g/mol. The van der Waals surface area contributed by atoms with Gasteiger partial charge in [0.1, 0.15) is 5.75 Å². The lowest BCUT2D eigenvalue weighted by atomic mass is 10.1. The molecule has 0 aromatic heterocycles. The molecule has 0 spiro atoms. The predicted octanol–water partition coefficient (Wildman–Crippen LogP) is 0.616. The molecule has 3 N–H and O–H groups in total. The van der Waals surface area contributed by atoms with Crippen molar-refractivity contribution in [1.29, 1.82) is 0 Å². The number of hydrogen-bond acceptors (Lipinski definition) is 5. The van der Waals surface area contributed by atoms with Gasteiger partial charge in [0.2, 0.25) is 5.91 Å². The van der Waals surface area contributed by atoms with Crippen molar-refractivity contribution in [2.45, 2.75) is 6.92 Å². The van der Waals surface area contributed by atoms with Crippen LogP contribution in [-0.2, 0) is 4.79 Å². The van der Waals surface area contributed by atoms with Gasteiger partial charge in [-0.15, -0.1) is 0 Å². The Morgan fingerprint density at radius 1 is 1.29 bits per heavy atom. The smallest absolute Gasteiger partial charge is 0.254 e. The molecule has 1 aromatic rings. The second kappa shape index (κ2) is 8.12. The van der Waals surface area contributed by atoms with Crippen LogP contribution in [0.25, 0.3) is 0 Å². The van der Waals surface area contributed by atoms with Gasteiger partial charge in [-0.3, -0.25) is 9.59 Å². The lowest BCUT2D eigenvalue weighted by Gasteiger charge is -2.32. The van der Waals surface area contributed by atoms with E-state index in [9.17, 15) is 9.59 Å². The molecular weight excluding hydrogens is 308 g/mol. The van der Waals surface area contributed by atoms with Crippen LogP contribution in [0, 0.1) is 5.92 Å². The first-order valence-electron chi connectivity index (χ1n) is 8.13. The number of nitrogens with zero attached hydrogens (tertiary/aromatic N) is 2. The quantitative estimate of drug-likeness (QED) is 0.824. The van der Waals surface area contributed by atoms with E-state index in [1.807, 2.05) is 11.9 Å². The summed E-state index contributed by atoms with van der Waals surface area (Å²) in [6, 6.07) is 5.09. The fraction of sp³-hybridized carbons (Fsp3) is 0.529. The van der Waals surface area contributed by atoms with E-state index in [0.717, 1.165) is 13.1 Å². The van der Waals surface area contributed by atoms with Crippen LogP contribution in [0.3, 0.4) is 0 Å². The molecule has 1 aliphatic heterocycles. The first-order valence-corrected chi connectivity index (χ1v) is 8.13. The molecule has 7 heteroatoms. The highest BCUT2D eigenvalue weighted by molar-refractivity contribution is 5.99. The van der Waals surface area contributed by atoms with Crippen LogP contribution in [0.4, 0.5) is 5.69 Å². The molecule has 0 aliphatic carbocycles. The number of amides is 2. The molecule has 1 unspecified atom stereocenters. The number of anilines is 1. The van der Waals surface area contributed by atoms with E-state index in [4.69, 9.17) is 10.5 Å². The Morgan fingerprint density at radius 3 is 2.54 bits per heavy atom. The number of benzene rings is 1. The molecule has 132 valence electrons. The van der Waals surface area contributed by atoms with Gasteiger partial charge in [-0.25, -0.2) is 0 Å². The third-order valence-electron chi connectivity index (χ3n) is 4.30. The van der Waals surface area contributed by atoms with Gasteiger partial charge in [-0.05, 0) is 25.2 Å². The van der Waals surface area contributed by atoms with Crippen LogP contribution < -0.4 is 15.8 Å². The van der Waals surface area contributed by atoms with Crippen molar-refractivity contribution in [3.8, 4) is 5.75 Å². The lowest BCUT2D eigenvalue weighted by molar-refractivity contribution is -0.119. The van der Waals surface area contributed by atoms with E-state index < -0.39 is 0 Å². The number of likely N-dealkylation sites (N-methyl/N-ethyl adjacent to an activating group) is 1. The van der Waals surface area contributed by atoms with Gasteiger partial charge in [0.25, 0.3) is 5.91 Å². The average Bonchev–Trinajstić information content (AvgIpc) is 2.60. The van der Waals surface area contributed by atoms with Gasteiger partial charge in [0.15, 0.2) is 0 Å². The topological polar surface area (TPSA) is 87.9 Å². The molecule has 1 atom stereocenters. The maximum atomic E-state index is 12.7. The van der Waals surface area contributed by atoms with Gasteiger partial charge in [-0.1, -0.05) is 6.92 Å². The zero-order chi connectivity index (χ0) is 17.7. The molecule has 0 radical (unpaired) electrons. The van der Waals surface area contributed by atoms with Crippen LogP contribution in [0.2, 0.25) is 0 Å². The van der Waals surface area contributed by atoms with Gasteiger partial charge in [-0.2, -0.15) is 0 Å². The predicted molar refractivity (Wildman–Crippen MR) is 93.2 cm³/mol. The Balaban J connectivity index is 2.18. The highest BCUT2D eigenvalue weighted by atomic mass is 16.5. The van der Waals surface area contributed by atoms with E-state index in [1.54, 1.807) is 25.1 Å². The normalized spacial score (nSPS) is 16.6. The number of hydrogen-bond donors (Lipinski definition) is 2. The maximum absolute atomic E-state index is 12.7. The van der Waals surface area contributed by atoms with Gasteiger partial charge < -0.3 is 25.6 Å². The van der Waals surface area contributed by atoms with Crippen LogP contribution in [-0.4, -0.2) is 68.5 Å². The van der Waals surface area contributed by atoms with E-state index >= 15 is 0 Å². The summed E-state index contributed by atoms with van der Waals surface area (Å²) in [5, 5.41) is 2.79. The summed E-state index contributed by atoms with van der Waals surface area (Å²) in [5.74, 6) is -0.0256. The summed E-state index contributed by atoms with van der Waals surface area (Å²) in [6.07, 6.45) is 0. The van der Waals surface area contributed by atoms with Crippen LogP contribution in [0.5, 0.6) is 5.75 Å². The van der Waals surface area contributed by atoms with Crippen LogP contribution >= 0.6 is 0 Å². The van der Waals surface area contributed by atoms with E-state index in [-0.39, 0.29) is 24.3 Å². The maximum Gasteiger partial charge on any atom is 0.254 e. The molecule has 0 bridgehead atoms. The second-order valence-corrected chi connectivity index (χ2v) is 6.14. The Morgan fingerprint density at radius 2 is 1.96 bits per heavy atom. The standard InChI is InChI=1S/C17H26N4O3/c1-12(11-18)16(22)19-14-10-13(4-5-15(14)24-3)17(23)21-8-6-20(2)7-9-21/h4-5,10,12H,6-9,11,18H2,1-3H3,(H,19,22). The number of rotatable bonds is 5. The summed E-state index contributed by atoms with van der Waals surface area (Å²) in [6.45, 7) is 5.13. The minimum Gasteiger partial charge on any atom is -0.495 e. The van der Waals surface area contributed by atoms with Crippen LogP contribution in [0.15, 0.2) is 18.2 Å². The number of ether oxygens (including phenoxy) is 1. The molecule has 1 fully saturated rings. The highest BCUT2D eigenvalue weighted by Gasteiger charge is 2.22. The molecule has 2 rings (SSSR count). The molecule has 24 heavy (non-hydrogen) atoms. The van der Waals surface area contributed by atoms with Crippen molar-refractivity contribution in [3.05, 3.63) is 23.8 Å². The Kier molecular flexibility index (Phi) is 6.16. The van der Waals surface area contributed by atoms with Gasteiger partial charge in [0.05, 0.1) is 12.8 Å². The SMILES string of the molecule is COc1ccc(C(=O)N2CCN(C)CC2)cc1NC(=O)C(C)CN. The van der Waals surface area contributed by atoms with Crippen molar-refractivity contribution >= 4 is 17.5 Å². The van der Waals surface area contributed by atoms with Crippen molar-refractivity contribution in [1.82, 2.24) is 9.80 Å². The number of nitrogens with one attached hydrogen (secondary N) is 1. The summed E-state index contributed by atoms with van der Waals surface area (Å²) < 4.78 is 5.28. The van der Waals surface area contributed by atoms with E-state index in [2.05, 4.69) is 10.2 Å². The van der Waals surface area contributed by atoms with Crippen molar-refractivity contribution in [3.63, 3.8) is 0 Å². The molecular formula is C17H26N4O3. The first kappa shape index (κ1) is 18.2. The number of methoxy groups -OCH3 is 1. The summed E-state index contributed by atoms with van der Waals surface area (Å²) in [7, 11) is 3.57. The zero-order valence-corrected chi connectivity index (χ0v) is 14.5. The molecule has 1 saturated heterocycles. The summed E-state index contributed by atoms with van der Waals surface area (Å²) in [5.41, 5.74) is 6.55. The Labute approximate surface area is 142 Å². The Bertz CT molecular complexity index is 597. The first-order chi connectivity index (χ1) is 11.5. The fourth-order valence-electron chi connectivity index (χ4n) is 2.49. The van der Waals surface area contributed by atoms with Gasteiger partial charge >= 0.3 is 0 Å². The minimum atomic E-state index is -0.313. The number of piperazine rings is 1. The van der Waals surface area contributed by atoms with Crippen molar-refractivity contribution in [2.75, 3.05) is 52.2 Å². The van der Waals surface area contributed by atoms with Gasteiger partial charge in [0, 0.05) is 44.2 Å². The molecule has 1 aromatic carbocycles. The van der Waals surface area contributed by atoms with E-state index in [1.165, 1.54) is 7.11 Å². The fourth-order valence-corrected chi connectivity index (χ4v) is 2.49. The number of carbonyl (C=O) groups excluding carboxylic acids is 2. The number of nitrogens with two attached hydrogens (primary N) is 1. The molecule has 0 saturated carbocycles. The highest BCUT2D eigenvalue weighted by Crippen LogP contribution is 2.26. The zero-order valence-electron chi connectivity index (χ0n) is 14.5. The van der Waals surface area contributed by atoms with Crippen LogP contribution in [0.1, 0.15) is 17.3 Å². The third kappa shape index (κ3) is 4.24. The Hall–Kier alpha value is -2.12. The largest absolute Gasteiger partial charge is 0.495 e. The van der Waals surface area contributed by atoms with Crippen molar-refractivity contribution in [2.24, 2.45) is 11.7 Å². The third-order valence-corrected chi connectivity index (χ3v) is 4.30. The molecule has 1 aliphatic rings. The molecule has 1 heterocycles. The summed E-state index contributed by atoms with van der Waals surface area (Å²) >= 11 is 0. The van der Waals surface area contributed by atoms with E-state index in [0.29, 0.717) is 30.1 Å². The lowest BCUT2D eigenvalue weighted by Crippen LogP contribution is -2.47.